The number of hydrogen-bond acceptors (Lipinski definition) is 5. The number of nitrogens with zero attached hydrogens (tertiary/aromatic N) is 5. The highest BCUT2D eigenvalue weighted by atomic mass is 15.3. The maximum atomic E-state index is 4.40. The lowest BCUT2D eigenvalue weighted by molar-refractivity contribution is 0.0602. The molecule has 2 aliphatic rings. The van der Waals surface area contributed by atoms with Crippen molar-refractivity contribution in [3.8, 4) is 0 Å². The molecule has 4 rings (SSSR count). The second kappa shape index (κ2) is 6.85. The molecule has 126 valence electrons. The Morgan fingerprint density at radius 3 is 2.54 bits per heavy atom. The smallest absolute Gasteiger partial charge is 0.225 e. The molecule has 2 saturated heterocycles. The monoisotopic (exact) mass is 323 g/mol. The van der Waals surface area contributed by atoms with Crippen molar-refractivity contribution in [3.63, 3.8) is 0 Å². The fraction of sp³-hybridized carbons (Fsp3) is 0.526. The quantitative estimate of drug-likeness (QED) is 0.869. The predicted octanol–water partition coefficient (Wildman–Crippen LogP) is 2.75. The Kier molecular flexibility index (Phi) is 4.43. The number of pyridine rings is 1. The fourth-order valence-corrected chi connectivity index (χ4v) is 4.24. The van der Waals surface area contributed by atoms with Gasteiger partial charge < -0.3 is 4.90 Å². The number of likely N-dealkylation sites (tertiary alicyclic amines) is 1. The molecule has 0 aromatic carbocycles. The van der Waals surface area contributed by atoms with E-state index >= 15 is 0 Å². The molecule has 24 heavy (non-hydrogen) atoms. The standard InChI is InChI=1S/C19H25N5/c1-4-17(14-20-8-1)15-23-11-2-5-19(16-23)6-12-24(13-7-19)18-21-9-3-10-22-18/h1,3-4,8-10,14H,2,5-7,11-13,15-16H2. The molecule has 5 nitrogen and oxygen atoms in total. The van der Waals surface area contributed by atoms with E-state index in [-0.39, 0.29) is 0 Å². The lowest BCUT2D eigenvalue weighted by atomic mass is 9.72. The Morgan fingerprint density at radius 2 is 1.79 bits per heavy atom. The van der Waals surface area contributed by atoms with E-state index < -0.39 is 0 Å². The summed E-state index contributed by atoms with van der Waals surface area (Å²) in [5, 5.41) is 0. The molecule has 2 fully saturated rings. The molecule has 0 amide bonds. The number of anilines is 1. The van der Waals surface area contributed by atoms with Crippen LogP contribution >= 0.6 is 0 Å². The zero-order valence-electron chi connectivity index (χ0n) is 14.1. The van der Waals surface area contributed by atoms with Gasteiger partial charge in [0.15, 0.2) is 0 Å². The zero-order chi connectivity index (χ0) is 16.2. The third-order valence-electron chi connectivity index (χ3n) is 5.53. The van der Waals surface area contributed by atoms with Crippen LogP contribution in [0.2, 0.25) is 0 Å². The van der Waals surface area contributed by atoms with Gasteiger partial charge in [-0.25, -0.2) is 9.97 Å². The van der Waals surface area contributed by atoms with Crippen LogP contribution in [0, 0.1) is 5.41 Å². The SMILES string of the molecule is c1cnc(N2CCC3(CCCN(Cc4cccnc4)C3)CC2)nc1. The topological polar surface area (TPSA) is 45.2 Å². The van der Waals surface area contributed by atoms with Crippen molar-refractivity contribution in [2.75, 3.05) is 31.1 Å². The fourth-order valence-electron chi connectivity index (χ4n) is 4.24. The van der Waals surface area contributed by atoms with Crippen molar-refractivity contribution in [1.29, 1.82) is 0 Å². The van der Waals surface area contributed by atoms with Crippen molar-refractivity contribution >= 4 is 5.95 Å². The summed E-state index contributed by atoms with van der Waals surface area (Å²) < 4.78 is 0. The zero-order valence-corrected chi connectivity index (χ0v) is 14.1. The minimum Gasteiger partial charge on any atom is -0.341 e. The van der Waals surface area contributed by atoms with Gasteiger partial charge in [0.25, 0.3) is 0 Å². The van der Waals surface area contributed by atoms with Gasteiger partial charge in [0.2, 0.25) is 5.95 Å². The van der Waals surface area contributed by atoms with E-state index in [0.29, 0.717) is 5.41 Å². The molecule has 0 aliphatic carbocycles. The number of hydrogen-bond donors (Lipinski definition) is 0. The highest BCUT2D eigenvalue weighted by molar-refractivity contribution is 5.29. The third-order valence-corrected chi connectivity index (χ3v) is 5.53. The Bertz CT molecular complexity index is 637. The Balaban J connectivity index is 1.38. The summed E-state index contributed by atoms with van der Waals surface area (Å²) >= 11 is 0. The Hall–Kier alpha value is -2.01. The van der Waals surface area contributed by atoms with Crippen LogP contribution in [0.1, 0.15) is 31.2 Å². The van der Waals surface area contributed by atoms with E-state index in [2.05, 4.69) is 30.8 Å². The molecule has 1 spiro atoms. The van der Waals surface area contributed by atoms with Gasteiger partial charge >= 0.3 is 0 Å². The van der Waals surface area contributed by atoms with Crippen molar-refractivity contribution < 1.29 is 0 Å². The summed E-state index contributed by atoms with van der Waals surface area (Å²) in [4.78, 5) is 18.0. The van der Waals surface area contributed by atoms with Crippen LogP contribution < -0.4 is 4.90 Å². The summed E-state index contributed by atoms with van der Waals surface area (Å²) in [5.74, 6) is 0.885. The van der Waals surface area contributed by atoms with E-state index in [4.69, 9.17) is 0 Å². The minimum atomic E-state index is 0.478. The normalized spacial score (nSPS) is 21.1. The van der Waals surface area contributed by atoms with Gasteiger partial charge in [0.05, 0.1) is 0 Å². The van der Waals surface area contributed by atoms with Crippen LogP contribution in [0.25, 0.3) is 0 Å². The Labute approximate surface area is 143 Å². The number of aromatic nitrogens is 3. The highest BCUT2D eigenvalue weighted by Gasteiger charge is 2.38. The van der Waals surface area contributed by atoms with Gasteiger partial charge in [-0.2, -0.15) is 0 Å². The summed E-state index contributed by atoms with van der Waals surface area (Å²) in [6.07, 6.45) is 12.7. The highest BCUT2D eigenvalue weighted by Crippen LogP contribution is 2.40. The molecule has 0 bridgehead atoms. The summed E-state index contributed by atoms with van der Waals surface area (Å²) in [6, 6.07) is 6.10. The molecule has 0 radical (unpaired) electrons. The molecule has 0 N–H and O–H groups in total. The molecule has 2 aliphatic heterocycles. The van der Waals surface area contributed by atoms with Gasteiger partial charge in [-0.15, -0.1) is 0 Å². The van der Waals surface area contributed by atoms with Crippen molar-refractivity contribution in [3.05, 3.63) is 48.5 Å². The maximum Gasteiger partial charge on any atom is 0.225 e. The van der Waals surface area contributed by atoms with Gasteiger partial charge in [0.1, 0.15) is 0 Å². The molecule has 2 aromatic heterocycles. The molecule has 5 heteroatoms. The lowest BCUT2D eigenvalue weighted by Crippen LogP contribution is -2.49. The van der Waals surface area contributed by atoms with Crippen molar-refractivity contribution in [1.82, 2.24) is 19.9 Å². The second-order valence-corrected chi connectivity index (χ2v) is 7.21. The van der Waals surface area contributed by atoms with Gasteiger partial charge in [0, 0.05) is 51.0 Å². The molecule has 0 saturated carbocycles. The first-order valence-corrected chi connectivity index (χ1v) is 8.96. The lowest BCUT2D eigenvalue weighted by Gasteiger charge is -2.47. The van der Waals surface area contributed by atoms with Gasteiger partial charge in [-0.05, 0) is 55.3 Å². The first-order chi connectivity index (χ1) is 11.8. The van der Waals surface area contributed by atoms with Crippen molar-refractivity contribution in [2.45, 2.75) is 32.2 Å². The first-order valence-electron chi connectivity index (χ1n) is 8.96. The van der Waals surface area contributed by atoms with Crippen LogP contribution in [0.4, 0.5) is 5.95 Å². The molecular formula is C19H25N5. The van der Waals surface area contributed by atoms with Crippen LogP contribution in [-0.2, 0) is 6.54 Å². The molecule has 4 heterocycles. The van der Waals surface area contributed by atoms with E-state index in [1.165, 1.54) is 44.3 Å². The Morgan fingerprint density at radius 1 is 0.958 bits per heavy atom. The maximum absolute atomic E-state index is 4.40. The van der Waals surface area contributed by atoms with Crippen LogP contribution in [-0.4, -0.2) is 46.0 Å². The average Bonchev–Trinajstić information content (AvgIpc) is 2.64. The third kappa shape index (κ3) is 3.41. The molecule has 0 unspecified atom stereocenters. The number of rotatable bonds is 3. The second-order valence-electron chi connectivity index (χ2n) is 7.21. The van der Waals surface area contributed by atoms with Crippen molar-refractivity contribution in [2.24, 2.45) is 5.41 Å². The van der Waals surface area contributed by atoms with Gasteiger partial charge in [-0.1, -0.05) is 6.07 Å². The molecule has 0 atom stereocenters. The first kappa shape index (κ1) is 15.5. The summed E-state index contributed by atoms with van der Waals surface area (Å²) in [7, 11) is 0. The predicted molar refractivity (Wildman–Crippen MR) is 94.7 cm³/mol. The largest absolute Gasteiger partial charge is 0.341 e. The van der Waals surface area contributed by atoms with Crippen LogP contribution in [0.5, 0.6) is 0 Å². The van der Waals surface area contributed by atoms with Gasteiger partial charge in [-0.3, -0.25) is 9.88 Å². The molecule has 2 aromatic rings. The summed E-state index contributed by atoms with van der Waals surface area (Å²) in [6.45, 7) is 5.60. The van der Waals surface area contributed by atoms with E-state index in [1.54, 1.807) is 0 Å². The minimum absolute atomic E-state index is 0.478. The summed E-state index contributed by atoms with van der Waals surface area (Å²) in [5.41, 5.74) is 1.80. The molecular weight excluding hydrogens is 298 g/mol. The van der Waals surface area contributed by atoms with E-state index in [9.17, 15) is 0 Å². The number of piperidine rings is 2. The van der Waals surface area contributed by atoms with Crippen LogP contribution in [0.15, 0.2) is 43.0 Å². The van der Waals surface area contributed by atoms with Crippen LogP contribution in [0.3, 0.4) is 0 Å². The average molecular weight is 323 g/mol. The van der Waals surface area contributed by atoms with E-state index in [1.807, 2.05) is 36.9 Å². The van der Waals surface area contributed by atoms with E-state index in [0.717, 1.165) is 25.6 Å².